The fourth-order valence-electron chi connectivity index (χ4n) is 3.37. The number of carbonyl (C=O) groups excluding carboxylic acids is 1. The number of rotatable bonds is 6. The van der Waals surface area contributed by atoms with E-state index in [1.807, 2.05) is 35.2 Å². The van der Waals surface area contributed by atoms with Crippen molar-refractivity contribution in [3.8, 4) is 5.06 Å². The van der Waals surface area contributed by atoms with Gasteiger partial charge in [-0.1, -0.05) is 23.5 Å². The SMILES string of the molecule is COc1ccc(C=CCN2CCN(Cc3ccc4c(N)ncnc4c3)C(=O)C2)s1. The summed E-state index contributed by atoms with van der Waals surface area (Å²) in [5, 5.41) is 1.74. The zero-order valence-electron chi connectivity index (χ0n) is 16.2. The highest BCUT2D eigenvalue weighted by Gasteiger charge is 2.23. The van der Waals surface area contributed by atoms with Gasteiger partial charge < -0.3 is 15.4 Å². The first kappa shape index (κ1) is 19.4. The number of ether oxygens (including phenoxy) is 1. The Kier molecular flexibility index (Phi) is 5.73. The standard InChI is InChI=1S/C21H23N5O2S/c1-28-20-7-5-16(29-20)3-2-8-25-9-10-26(19(27)13-25)12-15-4-6-17-18(11-15)23-14-24-21(17)22/h2-7,11,14H,8-10,12-13H2,1H3,(H2,22,23,24). The van der Waals surface area contributed by atoms with Gasteiger partial charge in [-0.3, -0.25) is 9.69 Å². The molecular formula is C21H23N5O2S. The molecule has 1 saturated heterocycles. The molecule has 1 aromatic carbocycles. The van der Waals surface area contributed by atoms with Crippen LogP contribution in [0, 0.1) is 0 Å². The Balaban J connectivity index is 1.32. The Morgan fingerprint density at radius 2 is 2.14 bits per heavy atom. The van der Waals surface area contributed by atoms with Crippen LogP contribution in [0.1, 0.15) is 10.4 Å². The molecule has 1 amide bonds. The minimum Gasteiger partial charge on any atom is -0.487 e. The number of carbonyl (C=O) groups is 1. The Labute approximate surface area is 173 Å². The molecule has 3 aromatic rings. The maximum atomic E-state index is 12.6. The van der Waals surface area contributed by atoms with Gasteiger partial charge in [-0.05, 0) is 35.9 Å². The van der Waals surface area contributed by atoms with Crippen molar-refractivity contribution in [3.63, 3.8) is 0 Å². The third-order valence-corrected chi connectivity index (χ3v) is 5.96. The molecule has 3 heterocycles. The number of aromatic nitrogens is 2. The third-order valence-electron chi connectivity index (χ3n) is 4.95. The largest absolute Gasteiger partial charge is 0.487 e. The van der Waals surface area contributed by atoms with E-state index < -0.39 is 0 Å². The molecule has 29 heavy (non-hydrogen) atoms. The van der Waals surface area contributed by atoms with Crippen LogP contribution in [0.3, 0.4) is 0 Å². The summed E-state index contributed by atoms with van der Waals surface area (Å²) in [6.07, 6.45) is 5.64. The minimum atomic E-state index is 0.143. The first-order valence-corrected chi connectivity index (χ1v) is 10.2. The van der Waals surface area contributed by atoms with Crippen LogP contribution in [0.4, 0.5) is 5.82 Å². The second kappa shape index (κ2) is 8.59. The van der Waals surface area contributed by atoms with Crippen molar-refractivity contribution < 1.29 is 9.53 Å². The molecule has 2 aromatic heterocycles. The average Bonchev–Trinajstić information content (AvgIpc) is 3.18. The van der Waals surface area contributed by atoms with E-state index in [2.05, 4.69) is 27.0 Å². The minimum absolute atomic E-state index is 0.143. The summed E-state index contributed by atoms with van der Waals surface area (Å²) in [4.78, 5) is 26.1. The Hall–Kier alpha value is -2.97. The van der Waals surface area contributed by atoms with Crippen LogP contribution in [-0.2, 0) is 11.3 Å². The van der Waals surface area contributed by atoms with Gasteiger partial charge >= 0.3 is 0 Å². The normalized spacial score (nSPS) is 15.5. The number of piperazine rings is 1. The molecule has 150 valence electrons. The van der Waals surface area contributed by atoms with Gasteiger partial charge in [0.05, 0.1) is 19.2 Å². The number of hydrogen-bond donors (Lipinski definition) is 1. The molecule has 2 N–H and O–H groups in total. The Morgan fingerprint density at radius 1 is 1.24 bits per heavy atom. The summed E-state index contributed by atoms with van der Waals surface area (Å²) in [7, 11) is 1.67. The molecule has 0 unspecified atom stereocenters. The van der Waals surface area contributed by atoms with E-state index in [-0.39, 0.29) is 5.91 Å². The van der Waals surface area contributed by atoms with E-state index >= 15 is 0 Å². The predicted molar refractivity (Wildman–Crippen MR) is 116 cm³/mol. The van der Waals surface area contributed by atoms with Crippen LogP contribution < -0.4 is 10.5 Å². The van der Waals surface area contributed by atoms with Gasteiger partial charge in [-0.2, -0.15) is 0 Å². The number of fused-ring (bicyclic) bond motifs is 1. The number of anilines is 1. The van der Waals surface area contributed by atoms with Gasteiger partial charge in [0.25, 0.3) is 0 Å². The third kappa shape index (κ3) is 4.55. The van der Waals surface area contributed by atoms with E-state index in [0.717, 1.165) is 39.5 Å². The van der Waals surface area contributed by atoms with Crippen LogP contribution >= 0.6 is 11.3 Å². The smallest absolute Gasteiger partial charge is 0.237 e. The predicted octanol–water partition coefficient (Wildman–Crippen LogP) is 2.64. The van der Waals surface area contributed by atoms with Crippen LogP contribution in [0.2, 0.25) is 0 Å². The molecule has 0 atom stereocenters. The van der Waals surface area contributed by atoms with Crippen LogP contribution in [0.15, 0.2) is 42.7 Å². The van der Waals surface area contributed by atoms with Crippen molar-refractivity contribution in [3.05, 3.63) is 53.2 Å². The quantitative estimate of drug-likeness (QED) is 0.674. The van der Waals surface area contributed by atoms with Gasteiger partial charge in [0, 0.05) is 36.4 Å². The lowest BCUT2D eigenvalue weighted by Crippen LogP contribution is -2.49. The number of nitrogens with two attached hydrogens (primary N) is 1. The molecule has 8 heteroatoms. The van der Waals surface area contributed by atoms with E-state index in [4.69, 9.17) is 10.5 Å². The van der Waals surface area contributed by atoms with Gasteiger partial charge in [-0.25, -0.2) is 9.97 Å². The number of thiophene rings is 1. The van der Waals surface area contributed by atoms with Crippen molar-refractivity contribution in [2.45, 2.75) is 6.54 Å². The lowest BCUT2D eigenvalue weighted by Gasteiger charge is -2.33. The second-order valence-corrected chi connectivity index (χ2v) is 8.00. The number of methoxy groups -OCH3 is 1. The maximum Gasteiger partial charge on any atom is 0.237 e. The van der Waals surface area contributed by atoms with Gasteiger partial charge in [0.15, 0.2) is 5.06 Å². The molecule has 1 fully saturated rings. The van der Waals surface area contributed by atoms with Crippen LogP contribution in [0.25, 0.3) is 17.0 Å². The highest BCUT2D eigenvalue weighted by Crippen LogP contribution is 2.25. The fraction of sp³-hybridized carbons (Fsp3) is 0.286. The van der Waals surface area contributed by atoms with Gasteiger partial charge in [0.2, 0.25) is 5.91 Å². The highest BCUT2D eigenvalue weighted by atomic mass is 32.1. The zero-order valence-corrected chi connectivity index (χ0v) is 17.1. The molecule has 7 nitrogen and oxygen atoms in total. The summed E-state index contributed by atoms with van der Waals surface area (Å²) in [6.45, 7) is 3.33. The molecule has 0 radical (unpaired) electrons. The maximum absolute atomic E-state index is 12.6. The summed E-state index contributed by atoms with van der Waals surface area (Å²) in [6, 6.07) is 9.88. The van der Waals surface area contributed by atoms with Crippen molar-refractivity contribution in [1.29, 1.82) is 0 Å². The molecule has 0 spiro atoms. The molecule has 0 bridgehead atoms. The summed E-state index contributed by atoms with van der Waals surface area (Å²) < 4.78 is 5.21. The number of hydrogen-bond acceptors (Lipinski definition) is 7. The second-order valence-electron chi connectivity index (χ2n) is 6.92. The van der Waals surface area contributed by atoms with Crippen molar-refractivity contribution in [2.75, 3.05) is 39.0 Å². The van der Waals surface area contributed by atoms with Crippen molar-refractivity contribution in [2.24, 2.45) is 0 Å². The first-order chi connectivity index (χ1) is 14.1. The zero-order chi connectivity index (χ0) is 20.2. The summed E-state index contributed by atoms with van der Waals surface area (Å²) in [5.74, 6) is 0.616. The topological polar surface area (TPSA) is 84.6 Å². The average molecular weight is 410 g/mol. The van der Waals surface area contributed by atoms with E-state index in [0.29, 0.717) is 25.5 Å². The highest BCUT2D eigenvalue weighted by molar-refractivity contribution is 7.14. The van der Waals surface area contributed by atoms with E-state index in [1.165, 1.54) is 6.33 Å². The van der Waals surface area contributed by atoms with E-state index in [1.54, 1.807) is 18.4 Å². The molecule has 0 aliphatic carbocycles. The van der Waals surface area contributed by atoms with Gasteiger partial charge in [-0.15, -0.1) is 0 Å². The lowest BCUT2D eigenvalue weighted by molar-refractivity contribution is -0.136. The molecule has 1 aliphatic rings. The van der Waals surface area contributed by atoms with Crippen molar-refractivity contribution >= 4 is 40.0 Å². The molecule has 4 rings (SSSR count). The molecule has 0 saturated carbocycles. The monoisotopic (exact) mass is 409 g/mol. The fourth-order valence-corrected chi connectivity index (χ4v) is 4.13. The van der Waals surface area contributed by atoms with Gasteiger partial charge in [0.1, 0.15) is 12.1 Å². The number of nitrogens with zero attached hydrogens (tertiary/aromatic N) is 4. The Bertz CT molecular complexity index is 1050. The molecular weight excluding hydrogens is 386 g/mol. The number of benzene rings is 1. The van der Waals surface area contributed by atoms with Crippen LogP contribution in [0.5, 0.6) is 5.06 Å². The first-order valence-electron chi connectivity index (χ1n) is 9.42. The molecule has 1 aliphatic heterocycles. The number of amides is 1. The van der Waals surface area contributed by atoms with Crippen molar-refractivity contribution in [1.82, 2.24) is 19.8 Å². The Morgan fingerprint density at radius 3 is 2.93 bits per heavy atom. The van der Waals surface area contributed by atoms with Crippen LogP contribution in [-0.4, -0.2) is 59.0 Å². The number of nitrogen functional groups attached to an aromatic ring is 1. The summed E-state index contributed by atoms with van der Waals surface area (Å²) >= 11 is 1.60. The summed E-state index contributed by atoms with van der Waals surface area (Å²) in [5.41, 5.74) is 7.73. The van der Waals surface area contributed by atoms with E-state index in [9.17, 15) is 4.79 Å². The lowest BCUT2D eigenvalue weighted by atomic mass is 10.1.